The van der Waals surface area contributed by atoms with Crippen LogP contribution in [0.25, 0.3) is 6.08 Å². The average molecular weight is 392 g/mol. The van der Waals surface area contributed by atoms with E-state index in [9.17, 15) is 4.79 Å². The molecule has 152 valence electrons. The molecule has 2 aliphatic heterocycles. The van der Waals surface area contributed by atoms with Gasteiger partial charge in [-0.15, -0.1) is 0 Å². The van der Waals surface area contributed by atoms with Gasteiger partial charge >= 0.3 is 0 Å². The lowest BCUT2D eigenvalue weighted by Crippen LogP contribution is -2.47. The number of carbonyl (C=O) groups is 1. The van der Waals surface area contributed by atoms with Crippen LogP contribution in [0.4, 0.5) is 5.82 Å². The third kappa shape index (κ3) is 4.74. The number of benzene rings is 1. The Labute approximate surface area is 173 Å². The molecule has 1 aromatic carbocycles. The van der Waals surface area contributed by atoms with Gasteiger partial charge < -0.3 is 9.64 Å². The molecule has 1 aromatic heterocycles. The summed E-state index contributed by atoms with van der Waals surface area (Å²) >= 11 is 0. The van der Waals surface area contributed by atoms with Gasteiger partial charge in [0.2, 0.25) is 0 Å². The average Bonchev–Trinajstić information content (AvgIpc) is 2.73. The van der Waals surface area contributed by atoms with Crippen molar-refractivity contribution in [3.05, 3.63) is 65.4 Å². The molecular weight excluding hydrogens is 362 g/mol. The van der Waals surface area contributed by atoms with Gasteiger partial charge in [-0.05, 0) is 23.8 Å². The maximum absolute atomic E-state index is 13.1. The van der Waals surface area contributed by atoms with Gasteiger partial charge in [0.25, 0.3) is 0 Å². The van der Waals surface area contributed by atoms with Crippen LogP contribution in [-0.4, -0.2) is 55.1 Å². The lowest BCUT2D eigenvalue weighted by atomic mass is 9.79. The Hall–Kier alpha value is -2.50. The van der Waals surface area contributed by atoms with Crippen molar-refractivity contribution in [2.45, 2.75) is 20.4 Å². The van der Waals surface area contributed by atoms with E-state index in [1.54, 1.807) is 0 Å². The number of ketones is 1. The van der Waals surface area contributed by atoms with Crippen molar-refractivity contribution in [1.82, 2.24) is 9.88 Å². The van der Waals surface area contributed by atoms with Crippen LogP contribution in [0.15, 0.2) is 54.1 Å². The zero-order valence-corrected chi connectivity index (χ0v) is 17.3. The predicted octanol–water partition coefficient (Wildman–Crippen LogP) is 3.41. The lowest BCUT2D eigenvalue weighted by Gasteiger charge is -2.38. The molecule has 0 aliphatic carbocycles. The SMILES string of the molecule is CC1(C)CN(Cc2ccccc2)C/C(=C/c2cccc(N3CCOCC3)n2)C1=O. The first kappa shape index (κ1) is 19.8. The number of pyridine rings is 1. The van der Waals surface area contributed by atoms with Crippen molar-refractivity contribution >= 4 is 17.7 Å². The molecule has 0 spiro atoms. The Morgan fingerprint density at radius 1 is 1.07 bits per heavy atom. The van der Waals surface area contributed by atoms with E-state index in [-0.39, 0.29) is 5.78 Å². The highest BCUT2D eigenvalue weighted by Crippen LogP contribution is 2.30. The molecule has 2 aliphatic rings. The maximum Gasteiger partial charge on any atom is 0.167 e. The molecule has 0 bridgehead atoms. The van der Waals surface area contributed by atoms with Gasteiger partial charge in [0.1, 0.15) is 5.82 Å². The van der Waals surface area contributed by atoms with Crippen LogP contribution >= 0.6 is 0 Å². The van der Waals surface area contributed by atoms with Crippen LogP contribution in [-0.2, 0) is 16.1 Å². The van der Waals surface area contributed by atoms with Crippen molar-refractivity contribution < 1.29 is 9.53 Å². The van der Waals surface area contributed by atoms with Crippen LogP contribution in [0.2, 0.25) is 0 Å². The smallest absolute Gasteiger partial charge is 0.167 e. The number of ether oxygens (including phenoxy) is 1. The minimum atomic E-state index is -0.402. The Bertz CT molecular complexity index is 886. The zero-order chi connectivity index (χ0) is 20.3. The first-order chi connectivity index (χ1) is 14.0. The fourth-order valence-corrected chi connectivity index (χ4v) is 4.17. The maximum atomic E-state index is 13.1. The van der Waals surface area contributed by atoms with E-state index in [2.05, 4.69) is 34.1 Å². The van der Waals surface area contributed by atoms with E-state index in [4.69, 9.17) is 9.72 Å². The third-order valence-corrected chi connectivity index (χ3v) is 5.58. The summed E-state index contributed by atoms with van der Waals surface area (Å²) in [5.74, 6) is 1.17. The second-order valence-corrected chi connectivity index (χ2v) is 8.53. The van der Waals surface area contributed by atoms with Gasteiger partial charge in [0.05, 0.1) is 18.9 Å². The molecule has 5 heteroatoms. The highest BCUT2D eigenvalue weighted by atomic mass is 16.5. The Morgan fingerprint density at radius 2 is 1.83 bits per heavy atom. The van der Waals surface area contributed by atoms with Gasteiger partial charge in [-0.1, -0.05) is 50.2 Å². The summed E-state index contributed by atoms with van der Waals surface area (Å²) in [6.07, 6.45) is 1.98. The van der Waals surface area contributed by atoms with E-state index < -0.39 is 5.41 Å². The number of anilines is 1. The highest BCUT2D eigenvalue weighted by Gasteiger charge is 2.37. The fourth-order valence-electron chi connectivity index (χ4n) is 4.17. The number of carbonyl (C=O) groups excluding carboxylic acids is 1. The third-order valence-electron chi connectivity index (χ3n) is 5.58. The topological polar surface area (TPSA) is 45.7 Å². The van der Waals surface area contributed by atoms with Crippen molar-refractivity contribution in [2.24, 2.45) is 5.41 Å². The quantitative estimate of drug-likeness (QED) is 0.748. The van der Waals surface area contributed by atoms with Crippen molar-refractivity contribution in [1.29, 1.82) is 0 Å². The molecule has 0 amide bonds. The highest BCUT2D eigenvalue weighted by molar-refractivity contribution is 6.04. The number of hydrogen-bond acceptors (Lipinski definition) is 5. The van der Waals surface area contributed by atoms with Gasteiger partial charge in [-0.25, -0.2) is 4.98 Å². The molecular formula is C24H29N3O2. The molecule has 0 radical (unpaired) electrons. The standard InChI is InChI=1S/C24H29N3O2/c1-24(2)18-26(16-19-7-4-3-5-8-19)17-20(23(24)28)15-21-9-6-10-22(25-21)27-11-13-29-14-12-27/h3-10,15H,11-14,16-18H2,1-2H3/b20-15-. The van der Waals surface area contributed by atoms with E-state index in [1.165, 1.54) is 5.56 Å². The van der Waals surface area contributed by atoms with Crippen molar-refractivity contribution in [2.75, 3.05) is 44.3 Å². The minimum Gasteiger partial charge on any atom is -0.378 e. The monoisotopic (exact) mass is 391 g/mol. The first-order valence-electron chi connectivity index (χ1n) is 10.3. The van der Waals surface area contributed by atoms with Crippen molar-refractivity contribution in [3.8, 4) is 0 Å². The van der Waals surface area contributed by atoms with E-state index in [0.29, 0.717) is 6.54 Å². The molecule has 0 unspecified atom stereocenters. The summed E-state index contributed by atoms with van der Waals surface area (Å²) < 4.78 is 5.44. The van der Waals surface area contributed by atoms with Gasteiger partial charge in [0.15, 0.2) is 5.78 Å². The molecule has 0 saturated carbocycles. The van der Waals surface area contributed by atoms with Crippen LogP contribution in [0.5, 0.6) is 0 Å². The summed E-state index contributed by atoms with van der Waals surface area (Å²) in [5, 5.41) is 0. The Morgan fingerprint density at radius 3 is 2.59 bits per heavy atom. The van der Waals surface area contributed by atoms with Crippen molar-refractivity contribution in [3.63, 3.8) is 0 Å². The molecule has 2 aromatic rings. The van der Waals surface area contributed by atoms with Crippen LogP contribution < -0.4 is 4.90 Å². The van der Waals surface area contributed by atoms with Gasteiger partial charge in [-0.2, -0.15) is 0 Å². The first-order valence-corrected chi connectivity index (χ1v) is 10.3. The van der Waals surface area contributed by atoms with Gasteiger partial charge in [-0.3, -0.25) is 9.69 Å². The second-order valence-electron chi connectivity index (χ2n) is 8.53. The van der Waals surface area contributed by atoms with E-state index in [0.717, 1.165) is 56.5 Å². The number of hydrogen-bond donors (Lipinski definition) is 0. The molecule has 29 heavy (non-hydrogen) atoms. The molecule has 2 fully saturated rings. The summed E-state index contributed by atoms with van der Waals surface area (Å²) in [4.78, 5) is 22.5. The fraction of sp³-hybridized carbons (Fsp3) is 0.417. The van der Waals surface area contributed by atoms with Gasteiger partial charge in [0, 0.05) is 43.7 Å². The normalized spacial score (nSPS) is 21.5. The summed E-state index contributed by atoms with van der Waals surface area (Å²) in [6, 6.07) is 16.5. The molecule has 2 saturated heterocycles. The predicted molar refractivity (Wildman–Crippen MR) is 116 cm³/mol. The summed E-state index contributed by atoms with van der Waals surface area (Å²) in [7, 11) is 0. The summed E-state index contributed by atoms with van der Waals surface area (Å²) in [5.41, 5.74) is 2.55. The summed E-state index contributed by atoms with van der Waals surface area (Å²) in [6.45, 7) is 9.50. The number of aromatic nitrogens is 1. The Kier molecular flexibility index (Phi) is 5.79. The number of Topliss-reactive ketones (excluding diaryl/α,β-unsaturated/α-hetero) is 1. The number of piperidine rings is 1. The van der Waals surface area contributed by atoms with E-state index in [1.807, 2.05) is 44.2 Å². The second kappa shape index (κ2) is 8.47. The Balaban J connectivity index is 1.56. The largest absolute Gasteiger partial charge is 0.378 e. The van der Waals surface area contributed by atoms with Crippen LogP contribution in [0, 0.1) is 5.41 Å². The zero-order valence-electron chi connectivity index (χ0n) is 17.3. The molecule has 3 heterocycles. The number of nitrogens with zero attached hydrogens (tertiary/aromatic N) is 3. The van der Waals surface area contributed by atoms with Crippen LogP contribution in [0.1, 0.15) is 25.1 Å². The number of likely N-dealkylation sites (tertiary alicyclic amines) is 1. The number of rotatable bonds is 4. The number of morpholine rings is 1. The van der Waals surface area contributed by atoms with Crippen LogP contribution in [0.3, 0.4) is 0 Å². The molecule has 0 N–H and O–H groups in total. The van der Waals surface area contributed by atoms with E-state index >= 15 is 0 Å². The minimum absolute atomic E-state index is 0.223. The molecule has 0 atom stereocenters. The lowest BCUT2D eigenvalue weighted by molar-refractivity contribution is -0.126. The molecule has 4 rings (SSSR count). The molecule has 5 nitrogen and oxygen atoms in total.